The van der Waals surface area contributed by atoms with Crippen LogP contribution in [0.2, 0.25) is 0 Å². The van der Waals surface area contributed by atoms with Gasteiger partial charge in [0.1, 0.15) is 5.01 Å². The lowest BCUT2D eigenvalue weighted by atomic mass is 10.1. The first-order chi connectivity index (χ1) is 15.7. The van der Waals surface area contributed by atoms with Crippen LogP contribution in [0.15, 0.2) is 78.2 Å². The predicted molar refractivity (Wildman–Crippen MR) is 128 cm³/mol. The molecule has 0 spiro atoms. The Labute approximate surface area is 191 Å². The van der Waals surface area contributed by atoms with Gasteiger partial charge in [0.2, 0.25) is 5.91 Å². The Bertz CT molecular complexity index is 1190. The van der Waals surface area contributed by atoms with Crippen molar-refractivity contribution in [3.8, 4) is 33.3 Å². The van der Waals surface area contributed by atoms with Gasteiger partial charge in [-0.25, -0.2) is 4.98 Å². The van der Waals surface area contributed by atoms with Crippen LogP contribution in [0, 0.1) is 0 Å². The number of thiazole rings is 1. The van der Waals surface area contributed by atoms with Gasteiger partial charge in [0.05, 0.1) is 26.3 Å². The second kappa shape index (κ2) is 10.1. The van der Waals surface area contributed by atoms with Gasteiger partial charge in [-0.05, 0) is 29.3 Å². The number of benzene rings is 3. The first-order valence-corrected chi connectivity index (χ1v) is 11.1. The van der Waals surface area contributed by atoms with Crippen molar-refractivity contribution >= 4 is 17.2 Å². The summed E-state index contributed by atoms with van der Waals surface area (Å²) in [4.78, 5) is 16.9. The number of nitrogens with zero attached hydrogens (tertiary/aromatic N) is 1. The summed E-state index contributed by atoms with van der Waals surface area (Å²) in [6.07, 6.45) is 0.386. The van der Waals surface area contributed by atoms with Crippen LogP contribution in [-0.4, -0.2) is 25.1 Å². The molecule has 1 heterocycles. The Balaban J connectivity index is 1.39. The van der Waals surface area contributed by atoms with Crippen LogP contribution >= 0.6 is 11.3 Å². The number of aromatic nitrogens is 1. The van der Waals surface area contributed by atoms with E-state index in [1.807, 2.05) is 78.2 Å². The molecule has 0 atom stereocenters. The van der Waals surface area contributed by atoms with Gasteiger partial charge in [-0.15, -0.1) is 11.3 Å². The monoisotopic (exact) mass is 444 g/mol. The fourth-order valence-corrected chi connectivity index (χ4v) is 4.18. The van der Waals surface area contributed by atoms with E-state index < -0.39 is 0 Å². The van der Waals surface area contributed by atoms with E-state index >= 15 is 0 Å². The maximum Gasteiger partial charge on any atom is 0.224 e. The highest BCUT2D eigenvalue weighted by atomic mass is 32.1. The van der Waals surface area contributed by atoms with E-state index in [4.69, 9.17) is 14.5 Å². The number of hydrogen-bond acceptors (Lipinski definition) is 5. The minimum atomic E-state index is 0.0137. The number of methoxy groups -OCH3 is 2. The Morgan fingerprint density at radius 1 is 0.875 bits per heavy atom. The second-order valence-electron chi connectivity index (χ2n) is 7.24. The molecule has 3 aromatic carbocycles. The zero-order valence-corrected chi connectivity index (χ0v) is 18.8. The Hall–Kier alpha value is -3.64. The lowest BCUT2D eigenvalue weighted by molar-refractivity contribution is -0.120. The molecule has 162 valence electrons. The van der Waals surface area contributed by atoms with Crippen molar-refractivity contribution in [2.45, 2.75) is 13.0 Å². The van der Waals surface area contributed by atoms with E-state index in [0.29, 0.717) is 24.5 Å². The number of carbonyl (C=O) groups excluding carboxylic acids is 1. The van der Waals surface area contributed by atoms with Crippen LogP contribution < -0.4 is 14.8 Å². The lowest BCUT2D eigenvalue weighted by Crippen LogP contribution is -2.24. The largest absolute Gasteiger partial charge is 0.493 e. The van der Waals surface area contributed by atoms with Gasteiger partial charge in [0.15, 0.2) is 11.5 Å². The highest BCUT2D eigenvalue weighted by Crippen LogP contribution is 2.34. The summed E-state index contributed by atoms with van der Waals surface area (Å²) in [7, 11) is 3.25. The predicted octanol–water partition coefficient (Wildman–Crippen LogP) is 5.35. The molecule has 1 N–H and O–H groups in total. The normalized spacial score (nSPS) is 10.6. The molecule has 1 aromatic heterocycles. The summed E-state index contributed by atoms with van der Waals surface area (Å²) >= 11 is 1.59. The molecule has 0 radical (unpaired) electrons. The molecule has 4 aromatic rings. The Kier molecular flexibility index (Phi) is 6.82. The van der Waals surface area contributed by atoms with Crippen molar-refractivity contribution in [1.29, 1.82) is 0 Å². The molecule has 0 aliphatic heterocycles. The Morgan fingerprint density at radius 3 is 2.31 bits per heavy atom. The molecular weight excluding hydrogens is 420 g/mol. The van der Waals surface area contributed by atoms with Crippen LogP contribution in [0.3, 0.4) is 0 Å². The number of carbonyl (C=O) groups is 1. The minimum Gasteiger partial charge on any atom is -0.493 e. The van der Waals surface area contributed by atoms with E-state index in [1.54, 1.807) is 25.6 Å². The minimum absolute atomic E-state index is 0.0137. The summed E-state index contributed by atoms with van der Waals surface area (Å²) in [6.45, 7) is 0.501. The van der Waals surface area contributed by atoms with Gasteiger partial charge in [-0.3, -0.25) is 4.79 Å². The average molecular weight is 445 g/mol. The van der Waals surface area contributed by atoms with Crippen LogP contribution in [-0.2, 0) is 17.8 Å². The van der Waals surface area contributed by atoms with E-state index in [2.05, 4.69) is 5.32 Å². The number of hydrogen-bond donors (Lipinski definition) is 1. The SMILES string of the molecule is COc1ccc(-c2csc(-c3ccc(CNC(=O)Cc4ccccc4)cc3)n2)cc1OC. The van der Waals surface area contributed by atoms with Gasteiger partial charge in [0, 0.05) is 23.1 Å². The van der Waals surface area contributed by atoms with Crippen LogP contribution in [0.1, 0.15) is 11.1 Å². The number of rotatable bonds is 8. The van der Waals surface area contributed by atoms with Gasteiger partial charge >= 0.3 is 0 Å². The van der Waals surface area contributed by atoms with Crippen LogP contribution in [0.4, 0.5) is 0 Å². The maximum absolute atomic E-state index is 12.2. The molecule has 0 saturated heterocycles. The second-order valence-corrected chi connectivity index (χ2v) is 8.10. The standard InChI is InChI=1S/C26H24N2O3S/c1-30-23-13-12-21(15-24(23)31-2)22-17-32-26(28-22)20-10-8-19(9-11-20)16-27-25(29)14-18-6-4-3-5-7-18/h3-13,15,17H,14,16H2,1-2H3,(H,27,29). The summed E-state index contributed by atoms with van der Waals surface area (Å²) in [5.74, 6) is 1.39. The molecule has 0 unspecified atom stereocenters. The van der Waals surface area contributed by atoms with Crippen LogP contribution in [0.25, 0.3) is 21.8 Å². The summed E-state index contributed by atoms with van der Waals surface area (Å²) in [5.41, 5.74) is 4.97. The molecule has 32 heavy (non-hydrogen) atoms. The molecule has 1 amide bonds. The Morgan fingerprint density at radius 2 is 1.59 bits per heavy atom. The molecule has 0 saturated carbocycles. The molecule has 6 heteroatoms. The zero-order valence-electron chi connectivity index (χ0n) is 18.0. The maximum atomic E-state index is 12.2. The van der Waals surface area contributed by atoms with Gasteiger partial charge < -0.3 is 14.8 Å². The number of amides is 1. The first kappa shape index (κ1) is 21.6. The van der Waals surface area contributed by atoms with Crippen molar-refractivity contribution in [1.82, 2.24) is 10.3 Å². The molecule has 0 aliphatic rings. The summed E-state index contributed by atoms with van der Waals surface area (Å²) in [5, 5.41) is 5.95. The average Bonchev–Trinajstić information content (AvgIpc) is 3.33. The summed E-state index contributed by atoms with van der Waals surface area (Å²) < 4.78 is 10.7. The van der Waals surface area contributed by atoms with Crippen molar-refractivity contribution in [3.05, 3.63) is 89.3 Å². The molecule has 0 fully saturated rings. The van der Waals surface area contributed by atoms with E-state index in [1.165, 1.54) is 0 Å². The fourth-order valence-electron chi connectivity index (χ4n) is 3.34. The lowest BCUT2D eigenvalue weighted by Gasteiger charge is -2.08. The third kappa shape index (κ3) is 5.15. The van der Waals surface area contributed by atoms with Gasteiger partial charge in [-0.2, -0.15) is 0 Å². The third-order valence-corrected chi connectivity index (χ3v) is 5.97. The highest BCUT2D eigenvalue weighted by Gasteiger charge is 2.11. The number of nitrogens with one attached hydrogen (secondary N) is 1. The molecule has 4 rings (SSSR count). The van der Waals surface area contributed by atoms with E-state index in [-0.39, 0.29) is 5.91 Å². The molecular formula is C26H24N2O3S. The van der Waals surface area contributed by atoms with Crippen LogP contribution in [0.5, 0.6) is 11.5 Å². The van der Waals surface area contributed by atoms with Crippen molar-refractivity contribution in [2.24, 2.45) is 0 Å². The smallest absolute Gasteiger partial charge is 0.224 e. The topological polar surface area (TPSA) is 60.5 Å². The quantitative estimate of drug-likeness (QED) is 0.398. The van der Waals surface area contributed by atoms with Crippen molar-refractivity contribution < 1.29 is 14.3 Å². The van der Waals surface area contributed by atoms with E-state index in [0.717, 1.165) is 33.0 Å². The van der Waals surface area contributed by atoms with Crippen molar-refractivity contribution in [2.75, 3.05) is 14.2 Å². The molecule has 0 aliphatic carbocycles. The van der Waals surface area contributed by atoms with Gasteiger partial charge in [0.25, 0.3) is 0 Å². The van der Waals surface area contributed by atoms with Crippen molar-refractivity contribution in [3.63, 3.8) is 0 Å². The molecule has 5 nitrogen and oxygen atoms in total. The first-order valence-electron chi connectivity index (χ1n) is 10.2. The van der Waals surface area contributed by atoms with Gasteiger partial charge in [-0.1, -0.05) is 54.6 Å². The molecule has 0 bridgehead atoms. The zero-order chi connectivity index (χ0) is 22.3. The number of ether oxygens (including phenoxy) is 2. The summed E-state index contributed by atoms with van der Waals surface area (Å²) in [6, 6.07) is 23.7. The van der Waals surface area contributed by atoms with E-state index in [9.17, 15) is 4.79 Å². The third-order valence-electron chi connectivity index (χ3n) is 5.08. The highest BCUT2D eigenvalue weighted by molar-refractivity contribution is 7.13. The fraction of sp³-hybridized carbons (Fsp3) is 0.154.